The van der Waals surface area contributed by atoms with E-state index in [1.54, 1.807) is 36.1 Å². The number of nitrogens with zero attached hydrogens (tertiary/aromatic N) is 2. The summed E-state index contributed by atoms with van der Waals surface area (Å²) in [6.45, 7) is 3.98. The van der Waals surface area contributed by atoms with Gasteiger partial charge in [0.25, 0.3) is 5.91 Å². The number of benzene rings is 2. The highest BCUT2D eigenvalue weighted by molar-refractivity contribution is 6.30. The Labute approximate surface area is 198 Å². The van der Waals surface area contributed by atoms with Gasteiger partial charge in [0.15, 0.2) is 11.5 Å². The van der Waals surface area contributed by atoms with Gasteiger partial charge in [-0.2, -0.15) is 0 Å². The van der Waals surface area contributed by atoms with Crippen LogP contribution < -0.4 is 14.2 Å². The van der Waals surface area contributed by atoms with Gasteiger partial charge in [0.1, 0.15) is 6.04 Å². The fourth-order valence-electron chi connectivity index (χ4n) is 3.99. The van der Waals surface area contributed by atoms with E-state index in [1.807, 2.05) is 17.0 Å². The van der Waals surface area contributed by atoms with Crippen LogP contribution in [0.25, 0.3) is 0 Å². The second-order valence-electron chi connectivity index (χ2n) is 7.42. The Morgan fingerprint density at radius 2 is 1.55 bits per heavy atom. The van der Waals surface area contributed by atoms with Crippen molar-refractivity contribution in [3.05, 3.63) is 52.5 Å². The van der Waals surface area contributed by atoms with E-state index in [0.29, 0.717) is 60.6 Å². The molecule has 1 atom stereocenters. The van der Waals surface area contributed by atoms with Gasteiger partial charge in [-0.25, -0.2) is 4.79 Å². The molecule has 1 aliphatic heterocycles. The average molecular weight is 477 g/mol. The number of methoxy groups -OCH3 is 3. The van der Waals surface area contributed by atoms with Gasteiger partial charge in [-0.05, 0) is 36.8 Å². The zero-order valence-corrected chi connectivity index (χ0v) is 20.1. The number of esters is 1. The minimum absolute atomic E-state index is 0.174. The first kappa shape index (κ1) is 24.7. The molecule has 0 radical (unpaired) electrons. The molecule has 9 heteroatoms. The van der Waals surface area contributed by atoms with Gasteiger partial charge in [0, 0.05) is 31.2 Å². The Morgan fingerprint density at radius 3 is 2.09 bits per heavy atom. The van der Waals surface area contributed by atoms with Gasteiger partial charge in [0.2, 0.25) is 5.75 Å². The van der Waals surface area contributed by atoms with E-state index in [4.69, 9.17) is 30.5 Å². The number of piperazine rings is 1. The van der Waals surface area contributed by atoms with Crippen LogP contribution in [-0.4, -0.2) is 75.8 Å². The maximum Gasteiger partial charge on any atom is 0.328 e. The summed E-state index contributed by atoms with van der Waals surface area (Å²) in [6.07, 6.45) is 0. The summed E-state index contributed by atoms with van der Waals surface area (Å²) in [5.41, 5.74) is 1.20. The number of carbonyl (C=O) groups excluding carboxylic acids is 2. The summed E-state index contributed by atoms with van der Waals surface area (Å²) in [5.74, 6) is 0.688. The van der Waals surface area contributed by atoms with Gasteiger partial charge in [0.05, 0.1) is 33.5 Å². The fraction of sp³-hybridized carbons (Fsp3) is 0.417. The third kappa shape index (κ3) is 5.34. The summed E-state index contributed by atoms with van der Waals surface area (Å²) < 4.78 is 21.5. The van der Waals surface area contributed by atoms with Crippen molar-refractivity contribution in [3.8, 4) is 17.2 Å². The normalized spacial score (nSPS) is 15.0. The number of hydrogen-bond donors (Lipinski definition) is 0. The minimum Gasteiger partial charge on any atom is -0.493 e. The van der Waals surface area contributed by atoms with Crippen LogP contribution in [0.3, 0.4) is 0 Å². The van der Waals surface area contributed by atoms with E-state index >= 15 is 0 Å². The largest absolute Gasteiger partial charge is 0.493 e. The lowest BCUT2D eigenvalue weighted by Crippen LogP contribution is -2.51. The molecule has 0 aromatic heterocycles. The highest BCUT2D eigenvalue weighted by atomic mass is 35.5. The third-order valence-corrected chi connectivity index (χ3v) is 5.85. The molecule has 0 unspecified atom stereocenters. The van der Waals surface area contributed by atoms with Crippen molar-refractivity contribution in [2.75, 3.05) is 54.1 Å². The smallest absolute Gasteiger partial charge is 0.328 e. The van der Waals surface area contributed by atoms with Gasteiger partial charge >= 0.3 is 5.97 Å². The maximum absolute atomic E-state index is 13.3. The molecule has 2 aromatic rings. The summed E-state index contributed by atoms with van der Waals surface area (Å²) in [7, 11) is 4.51. The molecule has 1 fully saturated rings. The first-order valence-electron chi connectivity index (χ1n) is 10.7. The number of ether oxygens (including phenoxy) is 4. The molecule has 3 rings (SSSR count). The Bertz CT molecular complexity index is 974. The molecule has 1 aliphatic rings. The highest BCUT2D eigenvalue weighted by Gasteiger charge is 2.34. The van der Waals surface area contributed by atoms with Crippen molar-refractivity contribution < 1.29 is 28.5 Å². The Balaban J connectivity index is 1.78. The van der Waals surface area contributed by atoms with Crippen LogP contribution in [0.15, 0.2) is 36.4 Å². The van der Waals surface area contributed by atoms with Gasteiger partial charge in [-0.15, -0.1) is 0 Å². The van der Waals surface area contributed by atoms with Crippen LogP contribution in [0, 0.1) is 0 Å². The number of carbonyl (C=O) groups is 2. The lowest BCUT2D eigenvalue weighted by Gasteiger charge is -2.38. The second-order valence-corrected chi connectivity index (χ2v) is 7.85. The molecule has 0 aliphatic carbocycles. The fourth-order valence-corrected chi connectivity index (χ4v) is 4.11. The van der Waals surface area contributed by atoms with Crippen LogP contribution in [0.2, 0.25) is 5.02 Å². The van der Waals surface area contributed by atoms with E-state index in [0.717, 1.165) is 5.56 Å². The zero-order chi connectivity index (χ0) is 24.0. The molecule has 1 amide bonds. The van der Waals surface area contributed by atoms with E-state index in [1.165, 1.54) is 21.3 Å². The molecule has 33 heavy (non-hydrogen) atoms. The predicted octanol–water partition coefficient (Wildman–Crippen LogP) is 3.43. The average Bonchev–Trinajstić information content (AvgIpc) is 2.84. The molecule has 2 aromatic carbocycles. The van der Waals surface area contributed by atoms with Crippen LogP contribution >= 0.6 is 11.6 Å². The zero-order valence-electron chi connectivity index (χ0n) is 19.3. The first-order chi connectivity index (χ1) is 15.9. The number of amides is 1. The Kier molecular flexibility index (Phi) is 8.41. The van der Waals surface area contributed by atoms with Crippen molar-refractivity contribution >= 4 is 23.5 Å². The van der Waals surface area contributed by atoms with Crippen molar-refractivity contribution in [1.29, 1.82) is 0 Å². The van der Waals surface area contributed by atoms with E-state index in [9.17, 15) is 9.59 Å². The van der Waals surface area contributed by atoms with Crippen LogP contribution in [0.1, 0.15) is 28.9 Å². The number of hydrogen-bond acceptors (Lipinski definition) is 7. The van der Waals surface area contributed by atoms with E-state index in [2.05, 4.69) is 0 Å². The summed E-state index contributed by atoms with van der Waals surface area (Å²) >= 11 is 6.02. The number of rotatable bonds is 8. The lowest BCUT2D eigenvalue weighted by molar-refractivity contribution is -0.150. The predicted molar refractivity (Wildman–Crippen MR) is 124 cm³/mol. The maximum atomic E-state index is 13.3. The van der Waals surface area contributed by atoms with Crippen LogP contribution in [-0.2, 0) is 9.53 Å². The molecule has 0 N–H and O–H groups in total. The Hall–Kier alpha value is -2.97. The summed E-state index contributed by atoms with van der Waals surface area (Å²) in [4.78, 5) is 29.8. The van der Waals surface area contributed by atoms with Gasteiger partial charge in [-0.1, -0.05) is 23.7 Å². The molecular weight excluding hydrogens is 448 g/mol. The molecule has 1 saturated heterocycles. The second kappa shape index (κ2) is 11.2. The molecule has 178 valence electrons. The molecule has 0 saturated carbocycles. The van der Waals surface area contributed by atoms with Crippen LogP contribution in [0.5, 0.6) is 17.2 Å². The minimum atomic E-state index is -0.560. The standard InChI is InChI=1S/C24H29ClN2O6/c1-5-33-24(29)20(16-6-8-17(25)9-7-16)26-12-14-27(15-13-26)23(28)18-10-11-19(30-2)22(32-4)21(18)31-3/h6-11,20H,5,12-15H2,1-4H3/t20-/m0/s1. The Morgan fingerprint density at radius 1 is 0.909 bits per heavy atom. The SMILES string of the molecule is CCOC(=O)[C@H](c1ccc(Cl)cc1)N1CCN(C(=O)c2ccc(OC)c(OC)c2OC)CC1. The van der Waals surface area contributed by atoms with Crippen LogP contribution in [0.4, 0.5) is 0 Å². The quantitative estimate of drug-likeness (QED) is 0.540. The van der Waals surface area contributed by atoms with Gasteiger partial charge < -0.3 is 23.8 Å². The molecule has 1 heterocycles. The van der Waals surface area contributed by atoms with Gasteiger partial charge in [-0.3, -0.25) is 9.69 Å². The summed E-state index contributed by atoms with van der Waals surface area (Å²) in [6, 6.07) is 9.96. The van der Waals surface area contributed by atoms with E-state index in [-0.39, 0.29) is 11.9 Å². The monoisotopic (exact) mass is 476 g/mol. The third-order valence-electron chi connectivity index (χ3n) is 5.60. The first-order valence-corrected chi connectivity index (χ1v) is 11.1. The summed E-state index contributed by atoms with van der Waals surface area (Å²) in [5, 5.41) is 0.598. The number of halogens is 1. The van der Waals surface area contributed by atoms with E-state index < -0.39 is 6.04 Å². The molecular formula is C24H29ClN2O6. The lowest BCUT2D eigenvalue weighted by atomic mass is 10.0. The molecule has 8 nitrogen and oxygen atoms in total. The molecule has 0 bridgehead atoms. The van der Waals surface area contributed by atoms with Crippen molar-refractivity contribution in [2.45, 2.75) is 13.0 Å². The highest BCUT2D eigenvalue weighted by Crippen LogP contribution is 2.40. The van der Waals surface area contributed by atoms with Crippen molar-refractivity contribution in [3.63, 3.8) is 0 Å². The molecule has 0 spiro atoms. The topological polar surface area (TPSA) is 77.5 Å². The van der Waals surface area contributed by atoms with Crippen molar-refractivity contribution in [2.24, 2.45) is 0 Å². The van der Waals surface area contributed by atoms with Crippen molar-refractivity contribution in [1.82, 2.24) is 9.80 Å².